The van der Waals surface area contributed by atoms with Gasteiger partial charge in [-0.05, 0) is 30.7 Å². The number of amides is 1. The van der Waals surface area contributed by atoms with E-state index in [1.54, 1.807) is 25.1 Å². The largest absolute Gasteiger partial charge is 0.495 e. The van der Waals surface area contributed by atoms with Crippen molar-refractivity contribution in [2.24, 2.45) is 0 Å². The van der Waals surface area contributed by atoms with E-state index >= 15 is 0 Å². The van der Waals surface area contributed by atoms with Crippen LogP contribution >= 0.6 is 11.5 Å². The number of hydrogen-bond donors (Lipinski definition) is 2. The Morgan fingerprint density at radius 2 is 2.06 bits per heavy atom. The summed E-state index contributed by atoms with van der Waals surface area (Å²) in [4.78, 5) is 51.9. The number of aromatic carboxylic acids is 1. The number of methoxy groups -OCH3 is 1. The normalized spacial score (nSPS) is 13.5. The SMILES string of the molecule is COc1ccc(C(=O)NC2CN(c3cc(C)c4c(=O)c(C(=O)O)cn(-c5ncns5)c4n3)C2)nc1. The van der Waals surface area contributed by atoms with Gasteiger partial charge in [0.1, 0.15) is 29.2 Å². The van der Waals surface area contributed by atoms with Crippen molar-refractivity contribution in [3.8, 4) is 10.9 Å². The van der Waals surface area contributed by atoms with Crippen LogP contribution in [0.1, 0.15) is 26.4 Å². The summed E-state index contributed by atoms with van der Waals surface area (Å²) in [6, 6.07) is 4.90. The summed E-state index contributed by atoms with van der Waals surface area (Å²) in [6.07, 6.45) is 4.06. The predicted octanol–water partition coefficient (Wildman–Crippen LogP) is 1.27. The Kier molecular flexibility index (Phi) is 5.61. The van der Waals surface area contributed by atoms with Crippen LogP contribution in [-0.2, 0) is 0 Å². The fourth-order valence-electron chi connectivity index (χ4n) is 3.86. The molecule has 178 valence electrons. The van der Waals surface area contributed by atoms with Gasteiger partial charge in [-0.25, -0.2) is 19.7 Å². The average Bonchev–Trinajstić information content (AvgIpc) is 3.35. The molecule has 0 bridgehead atoms. The lowest BCUT2D eigenvalue weighted by atomic mass is 10.1. The molecule has 2 N–H and O–H groups in total. The fraction of sp³-hybridized carbons (Fsp3) is 0.227. The van der Waals surface area contributed by atoms with Crippen LogP contribution in [0.3, 0.4) is 0 Å². The van der Waals surface area contributed by atoms with E-state index in [1.165, 1.54) is 30.4 Å². The molecule has 0 saturated carbocycles. The van der Waals surface area contributed by atoms with E-state index in [0.29, 0.717) is 46.7 Å². The third kappa shape index (κ3) is 4.05. The summed E-state index contributed by atoms with van der Waals surface area (Å²) in [5.74, 6) is -0.446. The van der Waals surface area contributed by atoms with Crippen LogP contribution in [-0.4, -0.2) is 67.1 Å². The van der Waals surface area contributed by atoms with Crippen LogP contribution in [0, 0.1) is 6.92 Å². The molecule has 0 atom stereocenters. The van der Waals surface area contributed by atoms with Gasteiger partial charge in [-0.15, -0.1) is 0 Å². The zero-order chi connectivity index (χ0) is 24.7. The van der Waals surface area contributed by atoms with Crippen molar-refractivity contribution in [3.63, 3.8) is 0 Å². The number of pyridine rings is 3. The number of aromatic nitrogens is 5. The molecule has 13 heteroatoms. The number of anilines is 1. The van der Waals surface area contributed by atoms with Crippen molar-refractivity contribution in [2.75, 3.05) is 25.1 Å². The van der Waals surface area contributed by atoms with Crippen molar-refractivity contribution in [1.29, 1.82) is 0 Å². The topological polar surface area (TPSA) is 152 Å². The Labute approximate surface area is 202 Å². The quantitative estimate of drug-likeness (QED) is 0.401. The molecule has 1 aliphatic rings. The number of ether oxygens (including phenoxy) is 1. The van der Waals surface area contributed by atoms with Gasteiger partial charge in [0.15, 0.2) is 5.65 Å². The highest BCUT2D eigenvalue weighted by atomic mass is 32.1. The third-order valence-corrected chi connectivity index (χ3v) is 6.34. The maximum Gasteiger partial charge on any atom is 0.341 e. The number of aryl methyl sites for hydroxylation is 1. The van der Waals surface area contributed by atoms with Gasteiger partial charge in [0, 0.05) is 30.8 Å². The van der Waals surface area contributed by atoms with Crippen LogP contribution in [0.25, 0.3) is 16.2 Å². The highest BCUT2D eigenvalue weighted by molar-refractivity contribution is 7.08. The predicted molar refractivity (Wildman–Crippen MR) is 127 cm³/mol. The number of carbonyl (C=O) groups is 2. The van der Waals surface area contributed by atoms with Gasteiger partial charge in [-0.3, -0.25) is 14.2 Å². The first-order chi connectivity index (χ1) is 16.9. The first-order valence-electron chi connectivity index (χ1n) is 10.5. The minimum absolute atomic E-state index is 0.107. The molecule has 0 spiro atoms. The maximum atomic E-state index is 12.9. The molecule has 35 heavy (non-hydrogen) atoms. The molecule has 5 rings (SSSR count). The van der Waals surface area contributed by atoms with Gasteiger partial charge in [-0.2, -0.15) is 4.37 Å². The van der Waals surface area contributed by atoms with Crippen LogP contribution in [0.2, 0.25) is 0 Å². The van der Waals surface area contributed by atoms with E-state index < -0.39 is 11.4 Å². The van der Waals surface area contributed by atoms with E-state index in [-0.39, 0.29) is 22.9 Å². The summed E-state index contributed by atoms with van der Waals surface area (Å²) >= 11 is 1.06. The van der Waals surface area contributed by atoms with Gasteiger partial charge in [0.05, 0.1) is 24.7 Å². The molecule has 0 unspecified atom stereocenters. The summed E-state index contributed by atoms with van der Waals surface area (Å²) in [6.45, 7) is 2.76. The molecular weight excluding hydrogens is 474 g/mol. The molecule has 0 aliphatic carbocycles. The number of hydrogen-bond acceptors (Lipinski definition) is 10. The van der Waals surface area contributed by atoms with Gasteiger partial charge in [0.25, 0.3) is 5.91 Å². The number of carbonyl (C=O) groups excluding carboxylic acids is 1. The molecular formula is C22H19N7O5S. The number of carboxylic acid groups (broad SMARTS) is 1. The second-order valence-electron chi connectivity index (χ2n) is 7.93. The monoisotopic (exact) mass is 493 g/mol. The highest BCUT2D eigenvalue weighted by Crippen LogP contribution is 2.26. The lowest BCUT2D eigenvalue weighted by molar-refractivity contribution is 0.0694. The number of rotatable bonds is 6. The van der Waals surface area contributed by atoms with E-state index in [2.05, 4.69) is 24.6 Å². The number of nitrogens with one attached hydrogen (secondary N) is 1. The van der Waals surface area contributed by atoms with Gasteiger partial charge < -0.3 is 20.1 Å². The third-order valence-electron chi connectivity index (χ3n) is 5.67. The molecule has 4 aromatic rings. The molecule has 4 aromatic heterocycles. The number of fused-ring (bicyclic) bond motifs is 1. The van der Waals surface area contributed by atoms with Crippen LogP contribution in [0.4, 0.5) is 5.82 Å². The van der Waals surface area contributed by atoms with Crippen molar-refractivity contribution >= 4 is 40.3 Å². The lowest BCUT2D eigenvalue weighted by Crippen LogP contribution is -2.59. The molecule has 5 heterocycles. The molecule has 12 nitrogen and oxygen atoms in total. The van der Waals surface area contributed by atoms with Gasteiger partial charge in [-0.1, -0.05) is 0 Å². The van der Waals surface area contributed by atoms with E-state index in [0.717, 1.165) is 11.5 Å². The van der Waals surface area contributed by atoms with Crippen molar-refractivity contribution in [2.45, 2.75) is 13.0 Å². The standard InChI is InChI=1S/C22H19N7O5S/c1-11-5-16(28-7-12(8-28)26-20(31)15-4-3-13(34-2)6-23-15)27-19-17(11)18(30)14(21(32)33)9-29(19)22-24-10-25-35-22/h3-6,9-10,12H,7-8H2,1-2H3,(H,26,31)(H,32,33). The molecule has 1 amide bonds. The average molecular weight is 494 g/mol. The first kappa shape index (κ1) is 22.4. The highest BCUT2D eigenvalue weighted by Gasteiger charge is 2.31. The van der Waals surface area contributed by atoms with Crippen LogP contribution in [0.15, 0.2) is 41.7 Å². The molecule has 0 aromatic carbocycles. The van der Waals surface area contributed by atoms with Crippen molar-refractivity contribution in [3.05, 3.63) is 64.0 Å². The zero-order valence-electron chi connectivity index (χ0n) is 18.6. The van der Waals surface area contributed by atoms with E-state index in [4.69, 9.17) is 4.74 Å². The fourth-order valence-corrected chi connectivity index (χ4v) is 4.37. The maximum absolute atomic E-state index is 12.9. The second kappa shape index (κ2) is 8.76. The number of carboxylic acids is 1. The Hall–Kier alpha value is -4.39. The van der Waals surface area contributed by atoms with Crippen LogP contribution in [0.5, 0.6) is 5.75 Å². The van der Waals surface area contributed by atoms with Crippen molar-refractivity contribution in [1.82, 2.24) is 29.2 Å². The van der Waals surface area contributed by atoms with Gasteiger partial charge >= 0.3 is 5.97 Å². The summed E-state index contributed by atoms with van der Waals surface area (Å²) in [5, 5.41) is 13.1. The van der Waals surface area contributed by atoms with Crippen molar-refractivity contribution < 1.29 is 19.4 Å². The Bertz CT molecular complexity index is 1500. The molecule has 0 radical (unpaired) electrons. The Morgan fingerprint density at radius 1 is 1.26 bits per heavy atom. The molecule has 1 fully saturated rings. The molecule has 1 aliphatic heterocycles. The lowest BCUT2D eigenvalue weighted by Gasteiger charge is -2.40. The minimum atomic E-state index is -1.33. The van der Waals surface area contributed by atoms with E-state index in [1.807, 2.05) is 4.90 Å². The number of nitrogens with zero attached hydrogens (tertiary/aromatic N) is 6. The van der Waals surface area contributed by atoms with E-state index in [9.17, 15) is 19.5 Å². The minimum Gasteiger partial charge on any atom is -0.495 e. The summed E-state index contributed by atoms with van der Waals surface area (Å²) < 4.78 is 10.5. The smallest absolute Gasteiger partial charge is 0.341 e. The summed E-state index contributed by atoms with van der Waals surface area (Å²) in [5.41, 5.74) is 0.196. The Balaban J connectivity index is 1.41. The second-order valence-corrected chi connectivity index (χ2v) is 8.68. The molecule has 1 saturated heterocycles. The van der Waals surface area contributed by atoms with Gasteiger partial charge in [0.2, 0.25) is 10.6 Å². The zero-order valence-corrected chi connectivity index (χ0v) is 19.4. The summed E-state index contributed by atoms with van der Waals surface area (Å²) in [7, 11) is 1.53. The van der Waals surface area contributed by atoms with Crippen LogP contribution < -0.4 is 20.4 Å². The first-order valence-corrected chi connectivity index (χ1v) is 11.3. The Morgan fingerprint density at radius 3 is 2.69 bits per heavy atom.